The van der Waals surface area contributed by atoms with Crippen molar-refractivity contribution in [3.63, 3.8) is 0 Å². The van der Waals surface area contributed by atoms with Crippen LogP contribution >= 0.6 is 15.9 Å². The van der Waals surface area contributed by atoms with E-state index in [2.05, 4.69) is 32.9 Å². The van der Waals surface area contributed by atoms with E-state index in [-0.39, 0.29) is 28.9 Å². The van der Waals surface area contributed by atoms with Crippen molar-refractivity contribution in [2.75, 3.05) is 25.5 Å². The van der Waals surface area contributed by atoms with Gasteiger partial charge in [0.1, 0.15) is 11.5 Å². The van der Waals surface area contributed by atoms with Crippen molar-refractivity contribution < 1.29 is 19.1 Å². The van der Waals surface area contributed by atoms with Gasteiger partial charge in [0.15, 0.2) is 0 Å². The monoisotopic (exact) mass is 491 g/mol. The van der Waals surface area contributed by atoms with Crippen LogP contribution < -0.4 is 5.32 Å². The van der Waals surface area contributed by atoms with Gasteiger partial charge in [0.25, 0.3) is 5.91 Å². The number of amides is 3. The van der Waals surface area contributed by atoms with E-state index in [9.17, 15) is 19.1 Å². The molecule has 1 aromatic carbocycles. The van der Waals surface area contributed by atoms with Crippen LogP contribution in [-0.2, 0) is 19.5 Å². The van der Waals surface area contributed by atoms with Gasteiger partial charge in [0, 0.05) is 50.3 Å². The Morgan fingerprint density at radius 1 is 1.45 bits per heavy atom. The van der Waals surface area contributed by atoms with Crippen LogP contribution in [0.15, 0.2) is 35.3 Å². The lowest BCUT2D eigenvalue weighted by Gasteiger charge is -2.27. The number of carbonyl (C=O) groups is 2. The quantitative estimate of drug-likeness (QED) is 0.645. The molecule has 2 aliphatic rings. The fraction of sp³-hybridized carbons (Fsp3) is 0.381. The summed E-state index contributed by atoms with van der Waals surface area (Å²) < 4.78 is 15.4. The van der Waals surface area contributed by atoms with Gasteiger partial charge >= 0.3 is 6.03 Å². The van der Waals surface area contributed by atoms with Crippen LogP contribution in [0.3, 0.4) is 0 Å². The summed E-state index contributed by atoms with van der Waals surface area (Å²) in [6.45, 7) is 5.11. The predicted molar refractivity (Wildman–Crippen MR) is 116 cm³/mol. The summed E-state index contributed by atoms with van der Waals surface area (Å²) in [6, 6.07) is 3.92. The van der Waals surface area contributed by atoms with E-state index in [0.717, 1.165) is 11.3 Å². The molecule has 31 heavy (non-hydrogen) atoms. The van der Waals surface area contributed by atoms with Crippen molar-refractivity contribution in [1.82, 2.24) is 19.6 Å². The Bertz CT molecular complexity index is 1060. The largest absolute Gasteiger partial charge is 0.389 e. The van der Waals surface area contributed by atoms with Gasteiger partial charge in [-0.05, 0) is 34.1 Å². The third-order valence-corrected chi connectivity index (χ3v) is 6.36. The van der Waals surface area contributed by atoms with Crippen molar-refractivity contribution in [2.24, 2.45) is 5.92 Å². The maximum Gasteiger partial charge on any atom is 0.322 e. The molecule has 8 nitrogen and oxygen atoms in total. The molecule has 1 aromatic heterocycles. The van der Waals surface area contributed by atoms with Gasteiger partial charge in [-0.2, -0.15) is 5.10 Å². The fourth-order valence-electron chi connectivity index (χ4n) is 4.05. The van der Waals surface area contributed by atoms with Crippen molar-refractivity contribution >= 4 is 33.6 Å². The van der Waals surface area contributed by atoms with E-state index in [1.807, 2.05) is 0 Å². The average Bonchev–Trinajstić information content (AvgIpc) is 3.05. The molecule has 3 heterocycles. The molecule has 0 saturated carbocycles. The zero-order valence-corrected chi connectivity index (χ0v) is 18.6. The molecule has 4 rings (SSSR count). The van der Waals surface area contributed by atoms with Crippen molar-refractivity contribution in [2.45, 2.75) is 25.6 Å². The van der Waals surface area contributed by atoms with Crippen molar-refractivity contribution in [3.05, 3.63) is 58.1 Å². The molecule has 0 aliphatic carbocycles. The van der Waals surface area contributed by atoms with E-state index in [4.69, 9.17) is 0 Å². The molecule has 2 aromatic rings. The van der Waals surface area contributed by atoms with Crippen molar-refractivity contribution in [3.8, 4) is 0 Å². The summed E-state index contributed by atoms with van der Waals surface area (Å²) in [5.74, 6) is -0.812. The number of hydrogen-bond acceptors (Lipinski definition) is 4. The normalized spacial score (nSPS) is 19.4. The molecule has 0 saturated heterocycles. The smallest absolute Gasteiger partial charge is 0.322 e. The summed E-state index contributed by atoms with van der Waals surface area (Å²) in [4.78, 5) is 29.0. The highest BCUT2D eigenvalue weighted by Crippen LogP contribution is 2.28. The molecule has 2 atom stereocenters. The minimum absolute atomic E-state index is 0.183. The molecule has 0 radical (unpaired) electrons. The Morgan fingerprint density at radius 2 is 2.23 bits per heavy atom. The number of anilines is 1. The molecule has 2 N–H and O–H groups in total. The van der Waals surface area contributed by atoms with Gasteiger partial charge in [-0.25, -0.2) is 9.18 Å². The fourth-order valence-corrected chi connectivity index (χ4v) is 4.43. The zero-order valence-electron chi connectivity index (χ0n) is 17.0. The minimum Gasteiger partial charge on any atom is -0.389 e. The number of fused-ring (bicyclic) bond motifs is 3. The highest BCUT2D eigenvalue weighted by Gasteiger charge is 2.36. The van der Waals surface area contributed by atoms with E-state index in [1.54, 1.807) is 21.5 Å². The first-order valence-corrected chi connectivity index (χ1v) is 10.7. The lowest BCUT2D eigenvalue weighted by atomic mass is 10.0. The molecule has 10 heteroatoms. The van der Waals surface area contributed by atoms with E-state index in [1.165, 1.54) is 24.3 Å². The van der Waals surface area contributed by atoms with Crippen LogP contribution in [-0.4, -0.2) is 62.9 Å². The highest BCUT2D eigenvalue weighted by atomic mass is 79.9. The van der Waals surface area contributed by atoms with Crippen LogP contribution in [0.1, 0.15) is 21.7 Å². The summed E-state index contributed by atoms with van der Waals surface area (Å²) in [5.41, 5.74) is 2.44. The molecular formula is C21H23BrFN5O3. The predicted octanol–water partition coefficient (Wildman–Crippen LogP) is 2.62. The standard InChI is InChI=1S/C21H23BrFN5O3/c1-3-18(29)12-9-26(2)20(30)19-14-11-27(7-6-17(14)25-28(19)10-12)21(31)24-13-4-5-16(23)15(22)8-13/h3-5,8,12,18,29H,1,6-7,9-11H2,2H3,(H,24,31)/t12-,18?/m0/s1. The van der Waals surface area contributed by atoms with Crippen LogP contribution in [0.5, 0.6) is 0 Å². The number of hydrogen-bond donors (Lipinski definition) is 2. The van der Waals surface area contributed by atoms with Crippen molar-refractivity contribution in [1.29, 1.82) is 0 Å². The van der Waals surface area contributed by atoms with E-state index < -0.39 is 11.9 Å². The first-order chi connectivity index (χ1) is 14.8. The van der Waals surface area contributed by atoms with Gasteiger partial charge < -0.3 is 20.2 Å². The van der Waals surface area contributed by atoms with Gasteiger partial charge in [0.2, 0.25) is 0 Å². The number of halogens is 2. The van der Waals surface area contributed by atoms with Crippen LogP contribution in [0.25, 0.3) is 0 Å². The first-order valence-electron chi connectivity index (χ1n) is 9.94. The summed E-state index contributed by atoms with van der Waals surface area (Å²) >= 11 is 3.11. The third kappa shape index (κ3) is 4.09. The van der Waals surface area contributed by atoms with Gasteiger partial charge in [-0.15, -0.1) is 6.58 Å². The Balaban J connectivity index is 1.57. The zero-order chi connectivity index (χ0) is 22.3. The summed E-state index contributed by atoms with van der Waals surface area (Å²) in [7, 11) is 1.69. The Labute approximate surface area is 187 Å². The van der Waals surface area contributed by atoms with Crippen LogP contribution in [0, 0.1) is 11.7 Å². The molecule has 1 unspecified atom stereocenters. The maximum absolute atomic E-state index is 13.4. The highest BCUT2D eigenvalue weighted by molar-refractivity contribution is 9.10. The molecule has 164 valence electrons. The second kappa shape index (κ2) is 8.43. The second-order valence-corrected chi connectivity index (χ2v) is 8.71. The number of urea groups is 1. The van der Waals surface area contributed by atoms with E-state index >= 15 is 0 Å². The number of benzene rings is 1. The number of carbonyl (C=O) groups excluding carboxylic acids is 2. The summed E-state index contributed by atoms with van der Waals surface area (Å²) in [6.07, 6.45) is 1.23. The molecule has 0 spiro atoms. The molecule has 2 aliphatic heterocycles. The Hall–Kier alpha value is -2.72. The minimum atomic E-state index is -0.750. The molecule has 0 bridgehead atoms. The van der Waals surface area contributed by atoms with Gasteiger partial charge in [0.05, 0.1) is 22.8 Å². The lowest BCUT2D eigenvalue weighted by molar-refractivity contribution is 0.0725. The van der Waals surface area contributed by atoms with Crippen LogP contribution in [0.2, 0.25) is 0 Å². The summed E-state index contributed by atoms with van der Waals surface area (Å²) in [5, 5.41) is 17.6. The Kier molecular flexibility index (Phi) is 5.85. The van der Waals surface area contributed by atoms with E-state index in [0.29, 0.717) is 37.4 Å². The number of nitrogens with zero attached hydrogens (tertiary/aromatic N) is 4. The number of aliphatic hydroxyl groups excluding tert-OH is 1. The molecule has 0 fully saturated rings. The van der Waals surface area contributed by atoms with Gasteiger partial charge in [-0.1, -0.05) is 6.08 Å². The number of rotatable bonds is 3. The Morgan fingerprint density at radius 3 is 2.94 bits per heavy atom. The maximum atomic E-state index is 13.4. The first kappa shape index (κ1) is 21.5. The SMILES string of the molecule is C=CC(O)[C@H]1CN(C)C(=O)c2c3c(nn2C1)CCN(C(=O)Nc1ccc(F)c(Br)c1)C3. The van der Waals surface area contributed by atoms with Crippen LogP contribution in [0.4, 0.5) is 14.9 Å². The third-order valence-electron chi connectivity index (χ3n) is 5.75. The molecule has 3 amide bonds. The topological polar surface area (TPSA) is 90.7 Å². The number of aromatic nitrogens is 2. The molecular weight excluding hydrogens is 469 g/mol. The lowest BCUT2D eigenvalue weighted by Crippen LogP contribution is -2.40. The number of aliphatic hydroxyl groups is 1. The van der Waals surface area contributed by atoms with Gasteiger partial charge in [-0.3, -0.25) is 9.48 Å². The average molecular weight is 492 g/mol. The number of nitrogens with one attached hydrogen (secondary N) is 1. The second-order valence-electron chi connectivity index (χ2n) is 7.86.